The fraction of sp³-hybridized carbons (Fsp3) is 0.562. The number of ether oxygens (including phenoxy) is 1. The average molecular weight is 276 g/mol. The molecule has 0 saturated heterocycles. The van der Waals surface area contributed by atoms with Crippen LogP contribution in [0, 0.1) is 5.92 Å². The summed E-state index contributed by atoms with van der Waals surface area (Å²) >= 11 is 0. The van der Waals surface area contributed by atoms with Crippen LogP contribution in [-0.2, 0) is 0 Å². The van der Waals surface area contributed by atoms with Crippen LogP contribution < -0.4 is 15.4 Å². The molecule has 1 atom stereocenters. The highest BCUT2D eigenvalue weighted by molar-refractivity contribution is 6.01. The van der Waals surface area contributed by atoms with Crippen LogP contribution >= 0.6 is 0 Å². The zero-order chi connectivity index (χ0) is 14.5. The minimum atomic E-state index is -0.111. The Labute approximate surface area is 120 Å². The van der Waals surface area contributed by atoms with Crippen LogP contribution in [-0.4, -0.2) is 31.5 Å². The number of rotatable bonds is 6. The van der Waals surface area contributed by atoms with Crippen molar-refractivity contribution in [2.24, 2.45) is 5.92 Å². The number of carbonyl (C=O) groups excluding carboxylic acids is 1. The summed E-state index contributed by atoms with van der Waals surface area (Å²) in [5, 5.41) is 6.61. The van der Waals surface area contributed by atoms with Gasteiger partial charge in [-0.05, 0) is 37.1 Å². The topological polar surface area (TPSA) is 50.4 Å². The molecule has 2 N–H and O–H groups in total. The standard InChI is InChI=1S/C16H24N2O2/c1-4-13(18-10-11(2)3)16(19)12-5-6-15-14(9-12)17-7-8-20-15/h5-6,9,11,13,17-18H,4,7-8,10H2,1-3H3. The third-order valence-corrected chi connectivity index (χ3v) is 3.44. The van der Waals surface area contributed by atoms with Crippen molar-refractivity contribution < 1.29 is 9.53 Å². The molecular weight excluding hydrogens is 252 g/mol. The summed E-state index contributed by atoms with van der Waals surface area (Å²) in [6.45, 7) is 8.64. The predicted octanol–water partition coefficient (Wildman–Crippen LogP) is 2.70. The number of Topliss-reactive ketones (excluding diaryl/α,β-unsaturated/α-hetero) is 1. The van der Waals surface area contributed by atoms with Crippen molar-refractivity contribution in [1.29, 1.82) is 0 Å². The Morgan fingerprint density at radius 3 is 2.95 bits per heavy atom. The third kappa shape index (κ3) is 3.51. The van der Waals surface area contributed by atoms with Crippen LogP contribution in [0.25, 0.3) is 0 Å². The summed E-state index contributed by atoms with van der Waals surface area (Å²) in [6, 6.07) is 5.52. The van der Waals surface area contributed by atoms with Crippen LogP contribution in [0.2, 0.25) is 0 Å². The largest absolute Gasteiger partial charge is 0.490 e. The fourth-order valence-corrected chi connectivity index (χ4v) is 2.30. The quantitative estimate of drug-likeness (QED) is 0.784. The van der Waals surface area contributed by atoms with Crippen molar-refractivity contribution in [2.45, 2.75) is 33.2 Å². The summed E-state index contributed by atoms with van der Waals surface area (Å²) in [5.41, 5.74) is 1.66. The van der Waals surface area contributed by atoms with Crippen molar-refractivity contribution in [3.8, 4) is 5.75 Å². The van der Waals surface area contributed by atoms with Crippen LogP contribution in [0.1, 0.15) is 37.6 Å². The van der Waals surface area contributed by atoms with Gasteiger partial charge in [0.1, 0.15) is 12.4 Å². The Hall–Kier alpha value is -1.55. The maximum Gasteiger partial charge on any atom is 0.179 e. The highest BCUT2D eigenvalue weighted by Gasteiger charge is 2.20. The van der Waals surface area contributed by atoms with Crippen LogP contribution in [0.3, 0.4) is 0 Å². The Kier molecular flexibility index (Phi) is 5.01. The van der Waals surface area contributed by atoms with Gasteiger partial charge in [-0.25, -0.2) is 0 Å². The summed E-state index contributed by atoms with van der Waals surface area (Å²) in [4.78, 5) is 12.5. The van der Waals surface area contributed by atoms with Gasteiger partial charge in [0.15, 0.2) is 5.78 Å². The van der Waals surface area contributed by atoms with Gasteiger partial charge in [0.05, 0.1) is 11.7 Å². The molecule has 110 valence electrons. The van der Waals surface area contributed by atoms with Crippen molar-refractivity contribution in [3.05, 3.63) is 23.8 Å². The van der Waals surface area contributed by atoms with E-state index in [1.165, 1.54) is 0 Å². The molecule has 4 nitrogen and oxygen atoms in total. The van der Waals surface area contributed by atoms with E-state index in [9.17, 15) is 4.79 Å². The first kappa shape index (κ1) is 14.9. The maximum atomic E-state index is 12.5. The van der Waals surface area contributed by atoms with Gasteiger partial charge >= 0.3 is 0 Å². The number of anilines is 1. The molecule has 0 amide bonds. The lowest BCUT2D eigenvalue weighted by molar-refractivity contribution is 0.0939. The molecule has 0 fully saturated rings. The number of carbonyl (C=O) groups is 1. The van der Waals surface area contributed by atoms with Crippen molar-refractivity contribution >= 4 is 11.5 Å². The molecule has 20 heavy (non-hydrogen) atoms. The van der Waals surface area contributed by atoms with E-state index in [1.807, 2.05) is 25.1 Å². The van der Waals surface area contributed by atoms with Crippen LogP contribution in [0.4, 0.5) is 5.69 Å². The van der Waals surface area contributed by atoms with E-state index in [0.717, 1.165) is 36.5 Å². The number of hydrogen-bond donors (Lipinski definition) is 2. The molecule has 1 unspecified atom stereocenters. The summed E-state index contributed by atoms with van der Waals surface area (Å²) in [6.07, 6.45) is 0.798. The van der Waals surface area contributed by atoms with E-state index in [2.05, 4.69) is 24.5 Å². The molecule has 1 heterocycles. The molecule has 0 spiro atoms. The lowest BCUT2D eigenvalue weighted by atomic mass is 10.0. The number of nitrogens with one attached hydrogen (secondary N) is 2. The minimum Gasteiger partial charge on any atom is -0.490 e. The smallest absolute Gasteiger partial charge is 0.179 e. The zero-order valence-corrected chi connectivity index (χ0v) is 12.5. The molecule has 0 aliphatic carbocycles. The van der Waals surface area contributed by atoms with Gasteiger partial charge in [0, 0.05) is 12.1 Å². The Morgan fingerprint density at radius 1 is 1.45 bits per heavy atom. The van der Waals surface area contributed by atoms with E-state index >= 15 is 0 Å². The molecule has 1 aromatic carbocycles. The molecule has 2 rings (SSSR count). The normalized spacial score (nSPS) is 15.2. The van der Waals surface area contributed by atoms with Crippen LogP contribution in [0.5, 0.6) is 5.75 Å². The van der Waals surface area contributed by atoms with Gasteiger partial charge in [0.25, 0.3) is 0 Å². The summed E-state index contributed by atoms with van der Waals surface area (Å²) in [5.74, 6) is 1.52. The van der Waals surface area contributed by atoms with E-state index in [-0.39, 0.29) is 11.8 Å². The third-order valence-electron chi connectivity index (χ3n) is 3.44. The summed E-state index contributed by atoms with van der Waals surface area (Å²) in [7, 11) is 0. The zero-order valence-electron chi connectivity index (χ0n) is 12.5. The number of hydrogen-bond acceptors (Lipinski definition) is 4. The summed E-state index contributed by atoms with van der Waals surface area (Å²) < 4.78 is 5.53. The number of fused-ring (bicyclic) bond motifs is 1. The first-order valence-electron chi connectivity index (χ1n) is 7.40. The van der Waals surface area contributed by atoms with Gasteiger partial charge in [0.2, 0.25) is 0 Å². The molecule has 1 aliphatic heterocycles. The SMILES string of the molecule is CCC(NCC(C)C)C(=O)c1ccc2c(c1)NCCO2. The van der Waals surface area contributed by atoms with Gasteiger partial charge in [-0.2, -0.15) is 0 Å². The maximum absolute atomic E-state index is 12.5. The van der Waals surface area contributed by atoms with E-state index in [4.69, 9.17) is 4.74 Å². The molecular formula is C16H24N2O2. The van der Waals surface area contributed by atoms with Crippen molar-refractivity contribution in [2.75, 3.05) is 25.0 Å². The lowest BCUT2D eigenvalue weighted by Crippen LogP contribution is -2.38. The monoisotopic (exact) mass is 276 g/mol. The molecule has 0 saturated carbocycles. The first-order chi connectivity index (χ1) is 9.61. The lowest BCUT2D eigenvalue weighted by Gasteiger charge is -2.21. The molecule has 0 aromatic heterocycles. The van der Waals surface area contributed by atoms with Crippen molar-refractivity contribution in [1.82, 2.24) is 5.32 Å². The predicted molar refractivity (Wildman–Crippen MR) is 81.7 cm³/mol. The molecule has 0 radical (unpaired) electrons. The highest BCUT2D eigenvalue weighted by atomic mass is 16.5. The van der Waals surface area contributed by atoms with Crippen molar-refractivity contribution in [3.63, 3.8) is 0 Å². The minimum absolute atomic E-state index is 0.111. The highest BCUT2D eigenvalue weighted by Crippen LogP contribution is 2.28. The molecule has 1 aromatic rings. The van der Waals surface area contributed by atoms with E-state index < -0.39 is 0 Å². The first-order valence-corrected chi connectivity index (χ1v) is 7.40. The van der Waals surface area contributed by atoms with Gasteiger partial charge in [-0.15, -0.1) is 0 Å². The number of ketones is 1. The second kappa shape index (κ2) is 6.75. The second-order valence-electron chi connectivity index (χ2n) is 5.61. The second-order valence-corrected chi connectivity index (χ2v) is 5.61. The fourth-order valence-electron chi connectivity index (χ4n) is 2.30. The van der Waals surface area contributed by atoms with Crippen LogP contribution in [0.15, 0.2) is 18.2 Å². The van der Waals surface area contributed by atoms with Gasteiger partial charge in [-0.3, -0.25) is 4.79 Å². The van der Waals surface area contributed by atoms with E-state index in [1.54, 1.807) is 0 Å². The van der Waals surface area contributed by atoms with E-state index in [0.29, 0.717) is 12.5 Å². The Morgan fingerprint density at radius 2 is 2.25 bits per heavy atom. The molecule has 4 heteroatoms. The number of benzene rings is 1. The molecule has 0 bridgehead atoms. The Bertz CT molecular complexity index is 472. The Balaban J connectivity index is 2.10. The van der Waals surface area contributed by atoms with Gasteiger partial charge in [-0.1, -0.05) is 20.8 Å². The van der Waals surface area contributed by atoms with Gasteiger partial charge < -0.3 is 15.4 Å². The average Bonchev–Trinajstić information content (AvgIpc) is 2.47. The molecule has 1 aliphatic rings.